The van der Waals surface area contributed by atoms with Crippen LogP contribution in [0.4, 0.5) is 0 Å². The van der Waals surface area contributed by atoms with Crippen molar-refractivity contribution in [1.82, 2.24) is 20.1 Å². The number of aromatic nitrogens is 3. The van der Waals surface area contributed by atoms with Gasteiger partial charge < -0.3 is 14.8 Å². The molecule has 3 aromatic carbocycles. The molecule has 1 N–H and O–H groups in total. The van der Waals surface area contributed by atoms with Gasteiger partial charge in [0, 0.05) is 12.1 Å². The van der Waals surface area contributed by atoms with Gasteiger partial charge in [-0.3, -0.25) is 4.79 Å². The highest BCUT2D eigenvalue weighted by Gasteiger charge is 2.18. The molecule has 1 heterocycles. The van der Waals surface area contributed by atoms with Gasteiger partial charge in [0.2, 0.25) is 5.82 Å². The predicted molar refractivity (Wildman–Crippen MR) is 127 cm³/mol. The van der Waals surface area contributed by atoms with Crippen LogP contribution in [0.15, 0.2) is 72.8 Å². The Kier molecular flexibility index (Phi) is 6.69. The van der Waals surface area contributed by atoms with Crippen molar-refractivity contribution in [2.24, 2.45) is 0 Å². The molecule has 7 heteroatoms. The molecule has 168 valence electrons. The summed E-state index contributed by atoms with van der Waals surface area (Å²) in [5, 5.41) is 7.45. The zero-order valence-corrected chi connectivity index (χ0v) is 18.9. The van der Waals surface area contributed by atoms with Crippen molar-refractivity contribution in [3.05, 3.63) is 89.7 Å². The van der Waals surface area contributed by atoms with Crippen LogP contribution in [0.2, 0.25) is 0 Å². The average molecular weight is 443 g/mol. The molecule has 4 aromatic rings. The molecule has 4 rings (SSSR count). The minimum absolute atomic E-state index is 0.127. The summed E-state index contributed by atoms with van der Waals surface area (Å²) in [5.41, 5.74) is 3.86. The third kappa shape index (κ3) is 5.03. The van der Waals surface area contributed by atoms with Gasteiger partial charge in [-0.2, -0.15) is 0 Å². The van der Waals surface area contributed by atoms with E-state index in [4.69, 9.17) is 9.47 Å². The molecule has 1 aromatic heterocycles. The first-order chi connectivity index (χ1) is 16.1. The molecule has 0 aliphatic rings. The standard InChI is InChI=1S/C26H26N4O3/c1-18-8-7-11-21(16-18)30-25(20-9-5-4-6-10-20)28-24(29-30)26(31)27-15-14-19-12-13-22(32-2)23(17-19)33-3/h4-13,16-17H,14-15H2,1-3H3,(H,27,31). The first kappa shape index (κ1) is 22.1. The largest absolute Gasteiger partial charge is 0.493 e. The summed E-state index contributed by atoms with van der Waals surface area (Å²) in [4.78, 5) is 17.4. The molecular formula is C26H26N4O3. The van der Waals surface area contributed by atoms with E-state index in [-0.39, 0.29) is 11.7 Å². The Bertz CT molecular complexity index is 1250. The van der Waals surface area contributed by atoms with Crippen LogP contribution in [-0.4, -0.2) is 41.4 Å². The molecule has 0 saturated carbocycles. The number of amides is 1. The average Bonchev–Trinajstić information content (AvgIpc) is 3.30. The van der Waals surface area contributed by atoms with Gasteiger partial charge >= 0.3 is 0 Å². The molecule has 0 atom stereocenters. The smallest absolute Gasteiger partial charge is 0.291 e. The van der Waals surface area contributed by atoms with Gasteiger partial charge in [-0.05, 0) is 48.7 Å². The van der Waals surface area contributed by atoms with Crippen LogP contribution >= 0.6 is 0 Å². The second kappa shape index (κ2) is 9.99. The third-order valence-corrected chi connectivity index (χ3v) is 5.24. The number of carbonyl (C=O) groups is 1. The monoisotopic (exact) mass is 442 g/mol. The van der Waals surface area contributed by atoms with Crippen LogP contribution in [0.3, 0.4) is 0 Å². The Hall–Kier alpha value is -4.13. The minimum Gasteiger partial charge on any atom is -0.493 e. The number of carbonyl (C=O) groups excluding carboxylic acids is 1. The Morgan fingerprint density at radius 2 is 1.73 bits per heavy atom. The summed E-state index contributed by atoms with van der Waals surface area (Å²) in [6.07, 6.45) is 0.635. The molecule has 33 heavy (non-hydrogen) atoms. The van der Waals surface area contributed by atoms with E-state index in [9.17, 15) is 4.79 Å². The highest BCUT2D eigenvalue weighted by Crippen LogP contribution is 2.27. The van der Waals surface area contributed by atoms with Gasteiger partial charge in [0.25, 0.3) is 5.91 Å². The van der Waals surface area contributed by atoms with Crippen molar-refractivity contribution in [2.75, 3.05) is 20.8 Å². The number of nitrogens with one attached hydrogen (secondary N) is 1. The fraction of sp³-hybridized carbons (Fsp3) is 0.192. The van der Waals surface area contributed by atoms with E-state index in [0.717, 1.165) is 22.4 Å². The number of methoxy groups -OCH3 is 2. The normalized spacial score (nSPS) is 10.6. The summed E-state index contributed by atoms with van der Waals surface area (Å²) >= 11 is 0. The fourth-order valence-corrected chi connectivity index (χ4v) is 3.56. The van der Waals surface area contributed by atoms with Gasteiger partial charge in [-0.1, -0.05) is 48.5 Å². The molecule has 7 nitrogen and oxygen atoms in total. The van der Waals surface area contributed by atoms with E-state index in [1.54, 1.807) is 18.9 Å². The molecule has 0 aliphatic heterocycles. The summed E-state index contributed by atoms with van der Waals surface area (Å²) < 4.78 is 12.3. The Labute approximate surface area is 193 Å². The second-order valence-corrected chi connectivity index (χ2v) is 7.57. The summed E-state index contributed by atoms with van der Waals surface area (Å²) in [7, 11) is 3.20. The van der Waals surface area contributed by atoms with Crippen LogP contribution in [0.1, 0.15) is 21.7 Å². The molecule has 0 aliphatic carbocycles. The van der Waals surface area contributed by atoms with Crippen molar-refractivity contribution >= 4 is 5.91 Å². The summed E-state index contributed by atoms with van der Waals surface area (Å²) in [5.74, 6) is 1.75. The van der Waals surface area contributed by atoms with Crippen molar-refractivity contribution in [1.29, 1.82) is 0 Å². The number of hydrogen-bond donors (Lipinski definition) is 1. The van der Waals surface area contributed by atoms with E-state index in [1.807, 2.05) is 79.7 Å². The van der Waals surface area contributed by atoms with Crippen LogP contribution in [0.25, 0.3) is 17.1 Å². The zero-order chi connectivity index (χ0) is 23.2. The van der Waals surface area contributed by atoms with Crippen molar-refractivity contribution in [3.63, 3.8) is 0 Å². The Morgan fingerprint density at radius 1 is 0.939 bits per heavy atom. The predicted octanol–water partition coefficient (Wildman–Crippen LogP) is 4.23. The SMILES string of the molecule is COc1ccc(CCNC(=O)c2nc(-c3ccccc3)n(-c3cccc(C)c3)n2)cc1OC. The lowest BCUT2D eigenvalue weighted by Crippen LogP contribution is -2.27. The maximum Gasteiger partial charge on any atom is 0.291 e. The lowest BCUT2D eigenvalue weighted by molar-refractivity contribution is 0.0944. The quantitative estimate of drug-likeness (QED) is 0.442. The number of ether oxygens (including phenoxy) is 2. The van der Waals surface area contributed by atoms with Crippen LogP contribution < -0.4 is 14.8 Å². The molecule has 1 amide bonds. The van der Waals surface area contributed by atoms with Gasteiger partial charge in [0.1, 0.15) is 0 Å². The molecule has 0 fully saturated rings. The number of nitrogens with zero attached hydrogens (tertiary/aromatic N) is 3. The summed E-state index contributed by atoms with van der Waals surface area (Å²) in [6.45, 7) is 2.46. The minimum atomic E-state index is -0.320. The van der Waals surface area contributed by atoms with Gasteiger partial charge in [0.05, 0.1) is 19.9 Å². The van der Waals surface area contributed by atoms with E-state index >= 15 is 0 Å². The molecule has 0 saturated heterocycles. The second-order valence-electron chi connectivity index (χ2n) is 7.57. The van der Waals surface area contributed by atoms with Crippen LogP contribution in [0.5, 0.6) is 11.5 Å². The summed E-state index contributed by atoms with van der Waals surface area (Å²) in [6, 6.07) is 23.4. The number of aryl methyl sites for hydroxylation is 1. The maximum absolute atomic E-state index is 12.9. The van der Waals surface area contributed by atoms with E-state index in [1.165, 1.54) is 0 Å². The molecule has 0 spiro atoms. The zero-order valence-electron chi connectivity index (χ0n) is 18.9. The first-order valence-electron chi connectivity index (χ1n) is 10.7. The Morgan fingerprint density at radius 3 is 2.45 bits per heavy atom. The maximum atomic E-state index is 12.9. The van der Waals surface area contributed by atoms with Gasteiger partial charge in [-0.15, -0.1) is 5.10 Å². The lowest BCUT2D eigenvalue weighted by atomic mass is 10.1. The van der Waals surface area contributed by atoms with E-state index in [2.05, 4.69) is 15.4 Å². The third-order valence-electron chi connectivity index (χ3n) is 5.24. The molecule has 0 unspecified atom stereocenters. The fourth-order valence-electron chi connectivity index (χ4n) is 3.56. The van der Waals surface area contributed by atoms with Crippen molar-refractivity contribution < 1.29 is 14.3 Å². The Balaban J connectivity index is 1.53. The van der Waals surface area contributed by atoms with Gasteiger partial charge in [-0.25, -0.2) is 9.67 Å². The van der Waals surface area contributed by atoms with Crippen LogP contribution in [-0.2, 0) is 6.42 Å². The highest BCUT2D eigenvalue weighted by atomic mass is 16.5. The lowest BCUT2D eigenvalue weighted by Gasteiger charge is -2.09. The first-order valence-corrected chi connectivity index (χ1v) is 10.7. The molecule has 0 bridgehead atoms. The van der Waals surface area contributed by atoms with E-state index in [0.29, 0.717) is 30.3 Å². The number of rotatable bonds is 8. The number of hydrogen-bond acceptors (Lipinski definition) is 5. The highest BCUT2D eigenvalue weighted by molar-refractivity contribution is 5.91. The molecule has 0 radical (unpaired) electrons. The topological polar surface area (TPSA) is 78.3 Å². The van der Waals surface area contributed by atoms with Crippen LogP contribution in [0, 0.1) is 6.92 Å². The molecular weight excluding hydrogens is 416 g/mol. The number of benzene rings is 3. The van der Waals surface area contributed by atoms with Crippen molar-refractivity contribution in [2.45, 2.75) is 13.3 Å². The van der Waals surface area contributed by atoms with Crippen molar-refractivity contribution in [3.8, 4) is 28.6 Å². The van der Waals surface area contributed by atoms with Gasteiger partial charge in [0.15, 0.2) is 17.3 Å². The van der Waals surface area contributed by atoms with E-state index < -0.39 is 0 Å².